The molecule has 1 heterocycles. The fraction of sp³-hybridized carbons (Fsp3) is 0.0909. The lowest BCUT2D eigenvalue weighted by molar-refractivity contribution is -0.131. The van der Waals surface area contributed by atoms with Crippen LogP contribution in [-0.2, 0) is 14.4 Å². The van der Waals surface area contributed by atoms with Crippen molar-refractivity contribution in [2.24, 2.45) is 0 Å². The van der Waals surface area contributed by atoms with E-state index < -0.39 is 11.9 Å². The number of rotatable bonds is 8. The monoisotopic (exact) mass is 453 g/mol. The Morgan fingerprint density at radius 1 is 1.03 bits per heavy atom. The van der Waals surface area contributed by atoms with Crippen molar-refractivity contribution in [3.8, 4) is 11.3 Å². The van der Waals surface area contributed by atoms with Gasteiger partial charge in [0, 0.05) is 33.2 Å². The molecular formula is C22H19N3O4S2. The summed E-state index contributed by atoms with van der Waals surface area (Å²) >= 11 is 2.80. The second kappa shape index (κ2) is 10.6. The van der Waals surface area contributed by atoms with Crippen LogP contribution in [0.2, 0.25) is 0 Å². The normalized spacial score (nSPS) is 10.7. The summed E-state index contributed by atoms with van der Waals surface area (Å²) < 4.78 is 0. The fourth-order valence-corrected chi connectivity index (χ4v) is 4.13. The van der Waals surface area contributed by atoms with Gasteiger partial charge in [-0.3, -0.25) is 9.59 Å². The van der Waals surface area contributed by atoms with Crippen LogP contribution in [0.15, 0.2) is 71.6 Å². The van der Waals surface area contributed by atoms with Crippen LogP contribution in [0, 0.1) is 6.92 Å². The number of nitrogens with one attached hydrogen (secondary N) is 2. The SMILES string of the molecule is Cc1sc(NC(=O)CSc2ccc(NC(=O)/C=C/C(=O)O)cc2)nc1-c1ccccc1. The Bertz CT molecular complexity index is 1110. The first-order valence-electron chi connectivity index (χ1n) is 9.18. The summed E-state index contributed by atoms with van der Waals surface area (Å²) in [6, 6.07) is 16.7. The molecule has 3 aromatic rings. The molecule has 0 aliphatic rings. The number of benzene rings is 2. The van der Waals surface area contributed by atoms with Gasteiger partial charge >= 0.3 is 5.97 Å². The van der Waals surface area contributed by atoms with Crippen molar-refractivity contribution >= 4 is 51.7 Å². The molecule has 0 bridgehead atoms. The lowest BCUT2D eigenvalue weighted by atomic mass is 10.1. The van der Waals surface area contributed by atoms with E-state index in [-0.39, 0.29) is 11.7 Å². The molecular weight excluding hydrogens is 434 g/mol. The number of carboxylic acid groups (broad SMARTS) is 1. The van der Waals surface area contributed by atoms with Crippen molar-refractivity contribution in [2.45, 2.75) is 11.8 Å². The number of amides is 2. The molecule has 7 nitrogen and oxygen atoms in total. The van der Waals surface area contributed by atoms with Crippen LogP contribution < -0.4 is 10.6 Å². The van der Waals surface area contributed by atoms with Gasteiger partial charge in [-0.25, -0.2) is 9.78 Å². The molecule has 158 valence electrons. The highest BCUT2D eigenvalue weighted by Crippen LogP contribution is 2.30. The van der Waals surface area contributed by atoms with Crippen molar-refractivity contribution in [1.82, 2.24) is 4.98 Å². The van der Waals surface area contributed by atoms with Crippen LogP contribution in [-0.4, -0.2) is 33.6 Å². The highest BCUT2D eigenvalue weighted by molar-refractivity contribution is 8.00. The first kappa shape index (κ1) is 22.3. The number of anilines is 2. The van der Waals surface area contributed by atoms with E-state index in [1.807, 2.05) is 37.3 Å². The van der Waals surface area contributed by atoms with Gasteiger partial charge in [0.05, 0.1) is 11.4 Å². The number of aliphatic carboxylic acids is 1. The summed E-state index contributed by atoms with van der Waals surface area (Å²) in [5, 5.41) is 14.5. The Morgan fingerprint density at radius 2 is 1.74 bits per heavy atom. The predicted molar refractivity (Wildman–Crippen MR) is 123 cm³/mol. The van der Waals surface area contributed by atoms with E-state index in [1.165, 1.54) is 23.1 Å². The third-order valence-corrected chi connectivity index (χ3v) is 5.86. The Labute approximate surface area is 187 Å². The number of carbonyl (C=O) groups excluding carboxylic acids is 2. The van der Waals surface area contributed by atoms with Crippen LogP contribution in [0.4, 0.5) is 10.8 Å². The van der Waals surface area contributed by atoms with E-state index in [4.69, 9.17) is 5.11 Å². The average Bonchev–Trinajstić information content (AvgIpc) is 3.12. The molecule has 3 rings (SSSR count). The maximum atomic E-state index is 12.3. The van der Waals surface area contributed by atoms with Gasteiger partial charge in [0.2, 0.25) is 11.8 Å². The van der Waals surface area contributed by atoms with Gasteiger partial charge in [-0.1, -0.05) is 30.3 Å². The number of aromatic nitrogens is 1. The minimum Gasteiger partial charge on any atom is -0.478 e. The molecule has 0 spiro atoms. The van der Waals surface area contributed by atoms with Gasteiger partial charge in [-0.15, -0.1) is 23.1 Å². The molecule has 3 N–H and O–H groups in total. The van der Waals surface area contributed by atoms with Crippen molar-refractivity contribution in [3.05, 3.63) is 71.6 Å². The molecule has 2 aromatic carbocycles. The van der Waals surface area contributed by atoms with E-state index in [0.717, 1.165) is 33.2 Å². The van der Waals surface area contributed by atoms with E-state index in [9.17, 15) is 14.4 Å². The second-order valence-corrected chi connectivity index (χ2v) is 8.56. The average molecular weight is 454 g/mol. The highest BCUT2D eigenvalue weighted by atomic mass is 32.2. The zero-order valence-corrected chi connectivity index (χ0v) is 18.1. The number of nitrogens with zero attached hydrogens (tertiary/aromatic N) is 1. The maximum Gasteiger partial charge on any atom is 0.328 e. The summed E-state index contributed by atoms with van der Waals surface area (Å²) in [6.07, 6.45) is 1.71. The molecule has 0 saturated heterocycles. The van der Waals surface area contributed by atoms with Gasteiger partial charge in [0.15, 0.2) is 5.13 Å². The van der Waals surface area contributed by atoms with E-state index >= 15 is 0 Å². The van der Waals surface area contributed by atoms with Gasteiger partial charge in [0.1, 0.15) is 0 Å². The van der Waals surface area contributed by atoms with E-state index in [1.54, 1.807) is 24.3 Å². The van der Waals surface area contributed by atoms with Crippen LogP contribution in [0.5, 0.6) is 0 Å². The summed E-state index contributed by atoms with van der Waals surface area (Å²) in [6.45, 7) is 1.97. The topological polar surface area (TPSA) is 108 Å². The molecule has 1 aromatic heterocycles. The van der Waals surface area contributed by atoms with Crippen molar-refractivity contribution in [3.63, 3.8) is 0 Å². The van der Waals surface area contributed by atoms with Gasteiger partial charge in [-0.2, -0.15) is 0 Å². The Kier molecular flexibility index (Phi) is 7.58. The molecule has 0 radical (unpaired) electrons. The van der Waals surface area contributed by atoms with Crippen LogP contribution in [0.25, 0.3) is 11.3 Å². The number of carboxylic acids is 1. The molecule has 0 unspecified atom stereocenters. The zero-order chi connectivity index (χ0) is 22.2. The van der Waals surface area contributed by atoms with Gasteiger partial charge < -0.3 is 15.7 Å². The summed E-state index contributed by atoms with van der Waals surface area (Å²) in [5.41, 5.74) is 2.40. The number of carbonyl (C=O) groups is 3. The number of thiazole rings is 1. The molecule has 2 amide bonds. The largest absolute Gasteiger partial charge is 0.478 e. The first-order valence-corrected chi connectivity index (χ1v) is 11.0. The molecule has 9 heteroatoms. The van der Waals surface area contributed by atoms with Gasteiger partial charge in [-0.05, 0) is 31.2 Å². The van der Waals surface area contributed by atoms with Crippen LogP contribution in [0.3, 0.4) is 0 Å². The zero-order valence-electron chi connectivity index (χ0n) is 16.5. The number of aryl methyl sites for hydroxylation is 1. The smallest absolute Gasteiger partial charge is 0.328 e. The van der Waals surface area contributed by atoms with Gasteiger partial charge in [0.25, 0.3) is 0 Å². The highest BCUT2D eigenvalue weighted by Gasteiger charge is 2.12. The second-order valence-electron chi connectivity index (χ2n) is 6.31. The minimum atomic E-state index is -1.19. The Balaban J connectivity index is 1.51. The maximum absolute atomic E-state index is 12.3. The van der Waals surface area contributed by atoms with Crippen LogP contribution >= 0.6 is 23.1 Å². The molecule has 0 atom stereocenters. The summed E-state index contributed by atoms with van der Waals surface area (Å²) in [7, 11) is 0. The van der Waals surface area contributed by atoms with Crippen molar-refractivity contribution in [1.29, 1.82) is 0 Å². The Hall–Kier alpha value is -3.43. The molecule has 0 aliphatic heterocycles. The quantitative estimate of drug-likeness (QED) is 0.344. The minimum absolute atomic E-state index is 0.158. The molecule has 0 aliphatic carbocycles. The first-order chi connectivity index (χ1) is 14.9. The third kappa shape index (κ3) is 6.80. The number of hydrogen-bond acceptors (Lipinski definition) is 6. The fourth-order valence-electron chi connectivity index (χ4n) is 2.58. The lowest BCUT2D eigenvalue weighted by Gasteiger charge is -2.05. The predicted octanol–water partition coefficient (Wildman–Crippen LogP) is 4.43. The van der Waals surface area contributed by atoms with E-state index in [2.05, 4.69) is 15.6 Å². The van der Waals surface area contributed by atoms with Crippen molar-refractivity contribution < 1.29 is 19.5 Å². The number of thioether (sulfide) groups is 1. The van der Waals surface area contributed by atoms with Crippen LogP contribution in [0.1, 0.15) is 4.88 Å². The Morgan fingerprint density at radius 3 is 2.42 bits per heavy atom. The standard InChI is InChI=1S/C22H19N3O4S2/c1-14-21(15-5-3-2-4-6-15)25-22(31-14)24-19(27)13-30-17-9-7-16(8-10-17)23-18(26)11-12-20(28)29/h2-12H,13H2,1H3,(H,23,26)(H,28,29)(H,24,25,27)/b12-11+. The molecule has 0 fully saturated rings. The summed E-state index contributed by atoms with van der Waals surface area (Å²) in [5.74, 6) is -1.67. The lowest BCUT2D eigenvalue weighted by Crippen LogP contribution is -2.13. The van der Waals surface area contributed by atoms with E-state index in [0.29, 0.717) is 10.8 Å². The number of hydrogen-bond donors (Lipinski definition) is 3. The van der Waals surface area contributed by atoms with Crippen molar-refractivity contribution in [2.75, 3.05) is 16.4 Å². The molecule has 31 heavy (non-hydrogen) atoms. The summed E-state index contributed by atoms with van der Waals surface area (Å²) in [4.78, 5) is 40.7. The molecule has 0 saturated carbocycles. The third-order valence-electron chi connectivity index (χ3n) is 3.96.